The van der Waals surface area contributed by atoms with E-state index in [1.807, 2.05) is 25.1 Å². The summed E-state index contributed by atoms with van der Waals surface area (Å²) < 4.78 is 40.2. The molecule has 2 heterocycles. The Morgan fingerprint density at radius 3 is 2.42 bits per heavy atom. The van der Waals surface area contributed by atoms with Gasteiger partial charge in [0.2, 0.25) is 0 Å². The number of rotatable bonds is 6. The van der Waals surface area contributed by atoms with Gasteiger partial charge in [0.1, 0.15) is 12.4 Å². The zero-order valence-electron chi connectivity index (χ0n) is 20.4. The average molecular weight is 501 g/mol. The number of nitrogens with one attached hydrogen (secondary N) is 1. The van der Waals surface area contributed by atoms with Crippen molar-refractivity contribution in [3.05, 3.63) is 58.8 Å². The monoisotopic (exact) mass is 500 g/mol. The van der Waals surface area contributed by atoms with Crippen molar-refractivity contribution in [2.45, 2.75) is 45.3 Å². The van der Waals surface area contributed by atoms with Gasteiger partial charge in [-0.3, -0.25) is 4.90 Å². The molecule has 5 rings (SSSR count). The Bertz CT molecular complexity index is 1250. The van der Waals surface area contributed by atoms with Crippen LogP contribution in [0.15, 0.2) is 36.4 Å². The van der Waals surface area contributed by atoms with E-state index < -0.39 is 17.9 Å². The minimum absolute atomic E-state index is 0.0846. The predicted molar refractivity (Wildman–Crippen MR) is 134 cm³/mol. The third-order valence-electron chi connectivity index (χ3n) is 7.35. The topological polar surface area (TPSA) is 90.5 Å². The van der Waals surface area contributed by atoms with Gasteiger partial charge in [-0.25, -0.2) is 0 Å². The molecule has 1 unspecified atom stereocenters. The minimum atomic E-state index is -4.45. The van der Waals surface area contributed by atoms with Crippen molar-refractivity contribution in [1.82, 2.24) is 15.1 Å². The molecule has 0 amide bonds. The highest BCUT2D eigenvalue weighted by atomic mass is 19.4. The first-order valence-electron chi connectivity index (χ1n) is 12.3. The lowest BCUT2D eigenvalue weighted by molar-refractivity contribution is -0.138. The molecule has 1 aromatic heterocycles. The highest BCUT2D eigenvalue weighted by Gasteiger charge is 2.35. The van der Waals surface area contributed by atoms with E-state index in [4.69, 9.17) is 5.73 Å². The van der Waals surface area contributed by atoms with Crippen LogP contribution in [-0.4, -0.2) is 52.6 Å². The number of hydrogen-bond donors (Lipinski definition) is 3. The number of fused-ring (bicyclic) bond motifs is 1. The molecule has 10 heteroatoms. The zero-order valence-corrected chi connectivity index (χ0v) is 20.4. The smallest absolute Gasteiger partial charge is 0.378 e. The normalized spacial score (nSPS) is 18.9. The van der Waals surface area contributed by atoms with Gasteiger partial charge in [0, 0.05) is 42.6 Å². The van der Waals surface area contributed by atoms with Crippen molar-refractivity contribution in [3.63, 3.8) is 0 Å². The van der Waals surface area contributed by atoms with E-state index in [-0.39, 0.29) is 11.8 Å². The molecule has 0 radical (unpaired) electrons. The fourth-order valence-electron chi connectivity index (χ4n) is 5.04. The first-order valence-corrected chi connectivity index (χ1v) is 12.3. The summed E-state index contributed by atoms with van der Waals surface area (Å²) in [7, 11) is 0. The van der Waals surface area contributed by atoms with Gasteiger partial charge in [0.25, 0.3) is 0 Å². The second-order valence-corrected chi connectivity index (χ2v) is 9.78. The Balaban J connectivity index is 1.40. The molecule has 1 saturated carbocycles. The summed E-state index contributed by atoms with van der Waals surface area (Å²) in [6, 6.07) is 10.1. The second-order valence-electron chi connectivity index (χ2n) is 9.78. The standard InChI is InChI=1S/C26H31F3N6O/c1-15-19(4-3-5-22(15)26(27,28)29)23(30)31-24-21-14-18(8-9-20(21)16(2)32-33-24)34-10-12-35(13-11-34)25(36)17-6-7-17/h3-5,8-9,14,17,23,25,36H,6-7,10-13,30H2,1-2H3,(H,31,33)/t23-,25?/m0/s1. The molecule has 1 aliphatic carbocycles. The molecular formula is C26H31F3N6O. The average Bonchev–Trinajstić information content (AvgIpc) is 3.70. The van der Waals surface area contributed by atoms with Crippen LogP contribution in [0.5, 0.6) is 0 Å². The summed E-state index contributed by atoms with van der Waals surface area (Å²) >= 11 is 0. The highest BCUT2D eigenvalue weighted by Crippen LogP contribution is 2.36. The third-order valence-corrected chi connectivity index (χ3v) is 7.35. The van der Waals surface area contributed by atoms with Crippen LogP contribution < -0.4 is 16.0 Å². The van der Waals surface area contributed by atoms with Crippen molar-refractivity contribution >= 4 is 22.3 Å². The van der Waals surface area contributed by atoms with Crippen molar-refractivity contribution in [1.29, 1.82) is 0 Å². The molecule has 0 bridgehead atoms. The van der Waals surface area contributed by atoms with Gasteiger partial charge in [-0.15, -0.1) is 5.10 Å². The Morgan fingerprint density at radius 2 is 1.75 bits per heavy atom. The highest BCUT2D eigenvalue weighted by molar-refractivity contribution is 5.95. The summed E-state index contributed by atoms with van der Waals surface area (Å²) in [5.74, 6) is 0.835. The van der Waals surface area contributed by atoms with Crippen molar-refractivity contribution < 1.29 is 18.3 Å². The third kappa shape index (κ3) is 4.85. The number of aryl methyl sites for hydroxylation is 1. The maximum absolute atomic E-state index is 13.4. The molecule has 2 aliphatic rings. The van der Waals surface area contributed by atoms with E-state index >= 15 is 0 Å². The van der Waals surface area contributed by atoms with Crippen LogP contribution >= 0.6 is 0 Å². The van der Waals surface area contributed by atoms with Crippen molar-refractivity contribution in [2.75, 3.05) is 36.4 Å². The van der Waals surface area contributed by atoms with Gasteiger partial charge < -0.3 is 21.1 Å². The van der Waals surface area contributed by atoms with Crippen LogP contribution in [0.2, 0.25) is 0 Å². The Morgan fingerprint density at radius 1 is 1.03 bits per heavy atom. The predicted octanol–water partition coefficient (Wildman–Crippen LogP) is 4.19. The fourth-order valence-corrected chi connectivity index (χ4v) is 5.04. The molecule has 1 aliphatic heterocycles. The van der Waals surface area contributed by atoms with Crippen LogP contribution in [0.1, 0.15) is 41.4 Å². The molecule has 2 atom stereocenters. The van der Waals surface area contributed by atoms with Crippen LogP contribution in [0.3, 0.4) is 0 Å². The van der Waals surface area contributed by atoms with E-state index in [0.29, 0.717) is 17.3 Å². The maximum Gasteiger partial charge on any atom is 0.416 e. The van der Waals surface area contributed by atoms with Crippen LogP contribution in [0.4, 0.5) is 24.7 Å². The van der Waals surface area contributed by atoms with Gasteiger partial charge in [-0.05, 0) is 61.9 Å². The van der Waals surface area contributed by atoms with E-state index in [1.54, 1.807) is 6.07 Å². The number of alkyl halides is 3. The SMILES string of the molecule is Cc1c([C@@H](N)Nc2nnc(C)c3ccc(N4CCN(C(O)C5CC5)CC4)cc23)cccc1C(F)(F)F. The van der Waals surface area contributed by atoms with E-state index in [9.17, 15) is 18.3 Å². The fraction of sp³-hybridized carbons (Fsp3) is 0.462. The number of aliphatic hydroxyl groups is 1. The number of anilines is 2. The molecule has 4 N–H and O–H groups in total. The molecule has 192 valence electrons. The number of hydrogen-bond acceptors (Lipinski definition) is 7. The Hall–Kier alpha value is -2.95. The first-order chi connectivity index (χ1) is 17.1. The number of nitrogens with two attached hydrogens (primary N) is 1. The number of aromatic nitrogens is 2. The summed E-state index contributed by atoms with van der Waals surface area (Å²) in [6.45, 7) is 6.45. The molecule has 2 fully saturated rings. The molecule has 1 saturated heterocycles. The number of halogens is 3. The van der Waals surface area contributed by atoms with Crippen molar-refractivity contribution in [3.8, 4) is 0 Å². The van der Waals surface area contributed by atoms with Crippen LogP contribution in [0, 0.1) is 19.8 Å². The van der Waals surface area contributed by atoms with Crippen molar-refractivity contribution in [2.24, 2.45) is 11.7 Å². The van der Waals surface area contributed by atoms with Gasteiger partial charge in [-0.1, -0.05) is 18.2 Å². The van der Waals surface area contributed by atoms with Gasteiger partial charge in [0.15, 0.2) is 5.82 Å². The largest absolute Gasteiger partial charge is 0.416 e. The van der Waals surface area contributed by atoms with Crippen LogP contribution in [0.25, 0.3) is 10.8 Å². The second kappa shape index (κ2) is 9.49. The summed E-state index contributed by atoms with van der Waals surface area (Å²) in [4.78, 5) is 4.42. The van der Waals surface area contributed by atoms with Gasteiger partial charge >= 0.3 is 6.18 Å². The molecular weight excluding hydrogens is 469 g/mol. The van der Waals surface area contributed by atoms with E-state index in [0.717, 1.165) is 67.2 Å². The van der Waals surface area contributed by atoms with Crippen LogP contribution in [-0.2, 0) is 6.18 Å². The lowest BCUT2D eigenvalue weighted by Crippen LogP contribution is -2.51. The molecule has 36 heavy (non-hydrogen) atoms. The van der Waals surface area contributed by atoms with E-state index in [1.165, 1.54) is 13.0 Å². The molecule has 2 aromatic carbocycles. The summed E-state index contributed by atoms with van der Waals surface area (Å²) in [6.07, 6.45) is -3.50. The summed E-state index contributed by atoms with van der Waals surface area (Å²) in [5, 5.41) is 23.8. The number of piperazine rings is 1. The molecule has 7 nitrogen and oxygen atoms in total. The minimum Gasteiger partial charge on any atom is -0.378 e. The molecule has 0 spiro atoms. The Labute approximate surface area is 208 Å². The zero-order chi connectivity index (χ0) is 25.6. The first kappa shape index (κ1) is 24.7. The van der Waals surface area contributed by atoms with Gasteiger partial charge in [-0.2, -0.15) is 18.3 Å². The summed E-state index contributed by atoms with van der Waals surface area (Å²) in [5.41, 5.74) is 7.84. The van der Waals surface area contributed by atoms with Gasteiger partial charge in [0.05, 0.1) is 11.3 Å². The lowest BCUT2D eigenvalue weighted by atomic mass is 10.00. The molecule has 3 aromatic rings. The maximum atomic E-state index is 13.4. The van der Waals surface area contributed by atoms with E-state index in [2.05, 4.69) is 25.3 Å². The lowest BCUT2D eigenvalue weighted by Gasteiger charge is -2.38. The number of nitrogens with zero attached hydrogens (tertiary/aromatic N) is 4. The Kier molecular flexibility index (Phi) is 6.52. The number of benzene rings is 2. The number of aliphatic hydroxyl groups excluding tert-OH is 1. The quantitative estimate of drug-likeness (QED) is 0.438.